The van der Waals surface area contributed by atoms with Crippen LogP contribution in [-0.4, -0.2) is 16.9 Å². The number of nitrogens with one attached hydrogen (secondary N) is 1. The number of esters is 1. The normalized spacial score (nSPS) is 10.5. The molecule has 6 nitrogen and oxygen atoms in total. The maximum Gasteiger partial charge on any atom is 0.342 e. The Morgan fingerprint density at radius 2 is 1.65 bits per heavy atom. The largest absolute Gasteiger partial charge is 0.488 e. The summed E-state index contributed by atoms with van der Waals surface area (Å²) < 4.78 is 11.3. The molecule has 0 spiro atoms. The monoisotopic (exact) mass is 472 g/mol. The molecule has 0 unspecified atom stereocenters. The predicted molar refractivity (Wildman–Crippen MR) is 132 cm³/mol. The van der Waals surface area contributed by atoms with Crippen molar-refractivity contribution in [2.45, 2.75) is 26.6 Å². The lowest BCUT2D eigenvalue weighted by atomic mass is 10.2. The minimum Gasteiger partial charge on any atom is -0.488 e. The average Bonchev–Trinajstić information content (AvgIpc) is 3.30. The van der Waals surface area contributed by atoms with Crippen molar-refractivity contribution in [3.63, 3.8) is 0 Å². The third-order valence-electron chi connectivity index (χ3n) is 5.03. The quantitative estimate of drug-likeness (QED) is 0.322. The van der Waals surface area contributed by atoms with Crippen molar-refractivity contribution in [3.8, 4) is 5.75 Å². The van der Waals surface area contributed by atoms with Crippen LogP contribution in [0.15, 0.2) is 84.2 Å². The molecule has 7 heteroatoms. The highest BCUT2D eigenvalue weighted by molar-refractivity contribution is 7.09. The molecule has 0 aliphatic carbocycles. The second kappa shape index (κ2) is 11.2. The number of aromatic nitrogens is 1. The van der Waals surface area contributed by atoms with E-state index in [0.717, 1.165) is 16.8 Å². The number of ether oxygens (including phenoxy) is 2. The van der Waals surface area contributed by atoms with Gasteiger partial charge in [0.2, 0.25) is 5.91 Å². The van der Waals surface area contributed by atoms with Crippen molar-refractivity contribution in [1.82, 2.24) is 4.98 Å². The van der Waals surface area contributed by atoms with Crippen LogP contribution < -0.4 is 10.1 Å². The standard InChI is InChI=1S/C27H24N2O4S/c1-19-9-5-7-13-23(19)29-25(30)15-26-28-21(18-34-26)17-33-27(31)22-12-6-8-14-24(22)32-16-20-10-3-2-4-11-20/h2-14,18H,15-17H2,1H3,(H,29,30). The van der Waals surface area contributed by atoms with Gasteiger partial charge in [0.1, 0.15) is 29.5 Å². The summed E-state index contributed by atoms with van der Waals surface area (Å²) in [7, 11) is 0. The molecule has 1 amide bonds. The van der Waals surface area contributed by atoms with Gasteiger partial charge >= 0.3 is 5.97 Å². The Kier molecular flexibility index (Phi) is 7.67. The Morgan fingerprint density at radius 3 is 2.47 bits per heavy atom. The van der Waals surface area contributed by atoms with E-state index in [9.17, 15) is 9.59 Å². The van der Waals surface area contributed by atoms with Crippen LogP contribution in [0.1, 0.15) is 32.2 Å². The molecule has 0 bridgehead atoms. The third-order valence-corrected chi connectivity index (χ3v) is 5.92. The Labute approximate surface area is 202 Å². The summed E-state index contributed by atoms with van der Waals surface area (Å²) in [6.07, 6.45) is 0.156. The molecule has 4 rings (SSSR count). The first-order valence-electron chi connectivity index (χ1n) is 10.8. The zero-order valence-corrected chi connectivity index (χ0v) is 19.5. The van der Waals surface area contributed by atoms with E-state index < -0.39 is 5.97 Å². The summed E-state index contributed by atoms with van der Waals surface area (Å²) in [6, 6.07) is 24.3. The molecule has 4 aromatic rings. The van der Waals surface area contributed by atoms with Gasteiger partial charge in [-0.25, -0.2) is 9.78 Å². The zero-order valence-electron chi connectivity index (χ0n) is 18.7. The fourth-order valence-corrected chi connectivity index (χ4v) is 4.03. The molecule has 1 heterocycles. The number of nitrogens with zero attached hydrogens (tertiary/aromatic N) is 1. The molecule has 3 aromatic carbocycles. The highest BCUT2D eigenvalue weighted by atomic mass is 32.1. The Balaban J connectivity index is 1.31. The SMILES string of the molecule is Cc1ccccc1NC(=O)Cc1nc(COC(=O)c2ccccc2OCc2ccccc2)cs1. The highest BCUT2D eigenvalue weighted by Crippen LogP contribution is 2.21. The van der Waals surface area contributed by atoms with Crippen LogP contribution in [0.5, 0.6) is 5.75 Å². The van der Waals surface area contributed by atoms with Crippen LogP contribution >= 0.6 is 11.3 Å². The number of aryl methyl sites for hydroxylation is 1. The van der Waals surface area contributed by atoms with Crippen LogP contribution in [0.4, 0.5) is 5.69 Å². The lowest BCUT2D eigenvalue weighted by Crippen LogP contribution is -2.15. The van der Waals surface area contributed by atoms with Crippen molar-refractivity contribution < 1.29 is 19.1 Å². The number of thiazole rings is 1. The molecule has 1 aromatic heterocycles. The maximum absolute atomic E-state index is 12.7. The summed E-state index contributed by atoms with van der Waals surface area (Å²) >= 11 is 1.36. The molecule has 0 aliphatic rings. The minimum atomic E-state index is -0.490. The van der Waals surface area contributed by atoms with Crippen LogP contribution in [0, 0.1) is 6.92 Å². The van der Waals surface area contributed by atoms with Crippen molar-refractivity contribution >= 4 is 28.9 Å². The molecule has 1 N–H and O–H groups in total. The Bertz CT molecular complexity index is 1270. The number of carbonyl (C=O) groups excluding carboxylic acids is 2. The molecule has 172 valence electrons. The first-order valence-corrected chi connectivity index (χ1v) is 11.7. The molecule has 0 fully saturated rings. The summed E-state index contributed by atoms with van der Waals surface area (Å²) in [5.41, 5.74) is 3.74. The van der Waals surface area contributed by atoms with Crippen molar-refractivity contribution in [2.75, 3.05) is 5.32 Å². The van der Waals surface area contributed by atoms with E-state index in [0.29, 0.717) is 28.6 Å². The first-order chi connectivity index (χ1) is 16.6. The predicted octanol–water partition coefficient (Wildman–Crippen LogP) is 5.57. The second-order valence-corrected chi connectivity index (χ2v) is 8.56. The van der Waals surface area contributed by atoms with Gasteiger partial charge in [0, 0.05) is 11.1 Å². The number of benzene rings is 3. The van der Waals surface area contributed by atoms with E-state index in [1.165, 1.54) is 11.3 Å². The van der Waals surface area contributed by atoms with Crippen molar-refractivity contribution in [3.05, 3.63) is 112 Å². The Morgan fingerprint density at radius 1 is 0.912 bits per heavy atom. The van der Waals surface area contributed by atoms with Gasteiger partial charge in [0.25, 0.3) is 0 Å². The summed E-state index contributed by atoms with van der Waals surface area (Å²) in [5.74, 6) is -0.171. The van der Waals surface area contributed by atoms with Crippen molar-refractivity contribution in [2.24, 2.45) is 0 Å². The van der Waals surface area contributed by atoms with Gasteiger partial charge in [-0.05, 0) is 36.2 Å². The lowest BCUT2D eigenvalue weighted by Gasteiger charge is -2.11. The highest BCUT2D eigenvalue weighted by Gasteiger charge is 2.15. The minimum absolute atomic E-state index is 0.0156. The third kappa shape index (κ3) is 6.30. The summed E-state index contributed by atoms with van der Waals surface area (Å²) in [4.78, 5) is 29.5. The molecular formula is C27H24N2O4S. The average molecular weight is 473 g/mol. The molecule has 0 saturated heterocycles. The van der Waals surface area contributed by atoms with Gasteiger partial charge in [0.05, 0.1) is 12.1 Å². The fourth-order valence-electron chi connectivity index (χ4n) is 3.26. The van der Waals surface area contributed by atoms with Crippen LogP contribution in [0.2, 0.25) is 0 Å². The molecule has 34 heavy (non-hydrogen) atoms. The van der Waals surface area contributed by atoms with Crippen LogP contribution in [-0.2, 0) is 29.2 Å². The number of hydrogen-bond donors (Lipinski definition) is 1. The van der Waals surface area contributed by atoms with Gasteiger partial charge in [0.15, 0.2) is 0 Å². The number of amides is 1. The van der Waals surface area contributed by atoms with E-state index in [1.807, 2.05) is 67.6 Å². The van der Waals surface area contributed by atoms with Gasteiger partial charge in [-0.3, -0.25) is 4.79 Å². The van der Waals surface area contributed by atoms with E-state index in [-0.39, 0.29) is 18.9 Å². The number of para-hydroxylation sites is 2. The van der Waals surface area contributed by atoms with Crippen molar-refractivity contribution in [1.29, 1.82) is 0 Å². The molecule has 0 aliphatic heterocycles. The van der Waals surface area contributed by atoms with Crippen LogP contribution in [0.25, 0.3) is 0 Å². The molecular weight excluding hydrogens is 448 g/mol. The fraction of sp³-hybridized carbons (Fsp3) is 0.148. The topological polar surface area (TPSA) is 77.5 Å². The number of carbonyl (C=O) groups is 2. The van der Waals surface area contributed by atoms with Gasteiger partial charge in [-0.1, -0.05) is 60.7 Å². The molecule has 0 radical (unpaired) electrons. The molecule has 0 saturated carbocycles. The van der Waals surface area contributed by atoms with Gasteiger partial charge < -0.3 is 14.8 Å². The smallest absolute Gasteiger partial charge is 0.342 e. The molecule has 0 atom stereocenters. The van der Waals surface area contributed by atoms with E-state index in [4.69, 9.17) is 9.47 Å². The van der Waals surface area contributed by atoms with Crippen LogP contribution in [0.3, 0.4) is 0 Å². The number of hydrogen-bond acceptors (Lipinski definition) is 6. The first kappa shape index (κ1) is 23.2. The van der Waals surface area contributed by atoms with E-state index in [1.54, 1.807) is 23.6 Å². The Hall–Kier alpha value is -3.97. The second-order valence-electron chi connectivity index (χ2n) is 7.62. The van der Waals surface area contributed by atoms with Gasteiger partial charge in [-0.15, -0.1) is 11.3 Å². The van der Waals surface area contributed by atoms with Gasteiger partial charge in [-0.2, -0.15) is 0 Å². The summed E-state index contributed by atoms with van der Waals surface area (Å²) in [5, 5.41) is 5.35. The van der Waals surface area contributed by atoms with E-state index in [2.05, 4.69) is 10.3 Å². The number of anilines is 1. The number of rotatable bonds is 9. The maximum atomic E-state index is 12.7. The summed E-state index contributed by atoms with van der Waals surface area (Å²) in [6.45, 7) is 2.31. The lowest BCUT2D eigenvalue weighted by molar-refractivity contribution is -0.115. The van der Waals surface area contributed by atoms with E-state index >= 15 is 0 Å². The zero-order chi connectivity index (χ0) is 23.8.